The highest BCUT2D eigenvalue weighted by molar-refractivity contribution is 5.74. The average Bonchev–Trinajstić information content (AvgIpc) is 3.37. The summed E-state index contributed by atoms with van der Waals surface area (Å²) in [7, 11) is 0. The van der Waals surface area contributed by atoms with Gasteiger partial charge in [-0.3, -0.25) is 14.4 Å². The lowest BCUT2D eigenvalue weighted by Gasteiger charge is -2.40. The summed E-state index contributed by atoms with van der Waals surface area (Å²) in [5.41, 5.74) is 0. The molecule has 0 aliphatic carbocycles. The van der Waals surface area contributed by atoms with Gasteiger partial charge in [-0.2, -0.15) is 0 Å². The zero-order chi connectivity index (χ0) is 53.3. The Morgan fingerprint density at radius 2 is 0.863 bits per heavy atom. The maximum absolute atomic E-state index is 13.1. The maximum Gasteiger partial charge on any atom is 0.335 e. The van der Waals surface area contributed by atoms with Crippen LogP contribution in [0.15, 0.2) is 36.5 Å². The van der Waals surface area contributed by atoms with Gasteiger partial charge in [0.1, 0.15) is 18.8 Å². The first-order valence-corrected chi connectivity index (χ1v) is 30.0. The van der Waals surface area contributed by atoms with Gasteiger partial charge in [-0.25, -0.2) is 4.79 Å². The minimum atomic E-state index is -1.90. The van der Waals surface area contributed by atoms with Crippen LogP contribution in [0.5, 0.6) is 0 Å². The van der Waals surface area contributed by atoms with Crippen molar-refractivity contribution < 1.29 is 58.2 Å². The van der Waals surface area contributed by atoms with Crippen LogP contribution < -0.4 is 0 Å². The number of hydrogen-bond acceptors (Lipinski definition) is 11. The van der Waals surface area contributed by atoms with E-state index >= 15 is 0 Å². The molecule has 0 bridgehead atoms. The first-order chi connectivity index (χ1) is 35.6. The van der Waals surface area contributed by atoms with Gasteiger partial charge in [-0.05, 0) is 51.4 Å². The molecule has 0 radical (unpaired) electrons. The molecule has 1 rings (SSSR count). The molecule has 6 atom stereocenters. The van der Waals surface area contributed by atoms with Crippen LogP contribution in [0.2, 0.25) is 0 Å². The number of ether oxygens (including phenoxy) is 5. The summed E-state index contributed by atoms with van der Waals surface area (Å²) in [6.07, 6.45) is 45.5. The van der Waals surface area contributed by atoms with Gasteiger partial charge in [0.05, 0.1) is 6.61 Å². The first-order valence-electron chi connectivity index (χ1n) is 30.0. The lowest BCUT2D eigenvalue weighted by molar-refractivity contribution is -0.301. The third-order valence-corrected chi connectivity index (χ3v) is 13.7. The van der Waals surface area contributed by atoms with Gasteiger partial charge in [0.2, 0.25) is 0 Å². The van der Waals surface area contributed by atoms with Crippen molar-refractivity contribution in [1.82, 2.24) is 0 Å². The van der Waals surface area contributed by atoms with Gasteiger partial charge in [-0.15, -0.1) is 0 Å². The van der Waals surface area contributed by atoms with Crippen molar-refractivity contribution in [3.8, 4) is 0 Å². The summed E-state index contributed by atoms with van der Waals surface area (Å²) >= 11 is 0. The number of rotatable bonds is 51. The van der Waals surface area contributed by atoms with E-state index in [1.165, 1.54) is 122 Å². The molecule has 0 saturated carbocycles. The van der Waals surface area contributed by atoms with E-state index < -0.39 is 67.3 Å². The minimum absolute atomic E-state index is 0.0630. The number of aliphatic hydroxyl groups excluding tert-OH is 2. The molecule has 0 aromatic rings. The highest BCUT2D eigenvalue weighted by Gasteiger charge is 2.50. The van der Waals surface area contributed by atoms with Crippen LogP contribution in [0.3, 0.4) is 0 Å². The summed E-state index contributed by atoms with van der Waals surface area (Å²) in [6, 6.07) is 0. The summed E-state index contributed by atoms with van der Waals surface area (Å²) in [6.45, 7) is 5.88. The van der Waals surface area contributed by atoms with Crippen molar-refractivity contribution in [3.05, 3.63) is 36.5 Å². The van der Waals surface area contributed by atoms with E-state index in [1.807, 2.05) is 0 Å². The SMILES string of the molecule is CC/C=C\C/C=C\C/C=C\CCCCCCCC(=O)OC(COC(=O)CCCCCCCCCCCCCCCCCCC)COC1OC(C(=O)O)C(O)C(O)C1OC(=O)CCCCCCCCCCCCC. The van der Waals surface area contributed by atoms with E-state index in [-0.39, 0.29) is 25.9 Å². The van der Waals surface area contributed by atoms with Crippen molar-refractivity contribution in [2.45, 2.75) is 314 Å². The van der Waals surface area contributed by atoms with E-state index in [0.29, 0.717) is 19.3 Å². The number of carboxylic acid groups (broad SMARTS) is 1. The maximum atomic E-state index is 13.1. The standard InChI is InChI=1S/C61H108O12/c1-4-7-10-13-16-19-22-24-26-27-29-30-33-35-38-41-44-47-53(62)69-50-52(71-54(63)48-45-42-39-37-34-31-28-25-23-20-17-14-11-8-5-2)51-70-61-59(57(66)56(65)58(73-61)60(67)68)72-55(64)49-46-43-40-36-32-21-18-15-12-9-6-3/h8,11,17,20,25,28,52,56-59,61,65-66H,4-7,9-10,12-16,18-19,21-24,26-27,29-51H2,1-3H3,(H,67,68)/b11-8-,20-17-,28-25-. The fourth-order valence-corrected chi connectivity index (χ4v) is 9.15. The van der Waals surface area contributed by atoms with Gasteiger partial charge >= 0.3 is 23.9 Å². The summed E-state index contributed by atoms with van der Waals surface area (Å²) in [5, 5.41) is 31.4. The Morgan fingerprint density at radius 1 is 0.466 bits per heavy atom. The fourth-order valence-electron chi connectivity index (χ4n) is 9.15. The van der Waals surface area contributed by atoms with Crippen LogP contribution in [0.1, 0.15) is 278 Å². The molecule has 1 aliphatic rings. The molecule has 12 heteroatoms. The molecular formula is C61H108O12. The van der Waals surface area contributed by atoms with Crippen molar-refractivity contribution in [2.75, 3.05) is 13.2 Å². The molecule has 0 spiro atoms. The van der Waals surface area contributed by atoms with E-state index in [4.69, 9.17) is 23.7 Å². The summed E-state index contributed by atoms with van der Waals surface area (Å²) in [5.74, 6) is -3.12. The Bertz CT molecular complexity index is 1410. The Balaban J connectivity index is 2.67. The van der Waals surface area contributed by atoms with Gasteiger partial charge < -0.3 is 39.0 Å². The fraction of sp³-hybridized carbons (Fsp3) is 0.836. The van der Waals surface area contributed by atoms with Gasteiger partial charge in [-0.1, -0.05) is 243 Å². The Morgan fingerprint density at radius 3 is 1.32 bits per heavy atom. The summed E-state index contributed by atoms with van der Waals surface area (Å²) < 4.78 is 28.4. The molecule has 0 amide bonds. The highest BCUT2D eigenvalue weighted by atomic mass is 16.7. The second kappa shape index (κ2) is 49.8. The molecule has 6 unspecified atom stereocenters. The van der Waals surface area contributed by atoms with Crippen LogP contribution in [-0.2, 0) is 42.9 Å². The molecule has 0 aromatic heterocycles. The predicted molar refractivity (Wildman–Crippen MR) is 294 cm³/mol. The third kappa shape index (κ3) is 39.9. The topological polar surface area (TPSA) is 175 Å². The Hall–Kier alpha value is -3.06. The molecule has 1 fully saturated rings. The third-order valence-electron chi connectivity index (χ3n) is 13.7. The van der Waals surface area contributed by atoms with Crippen molar-refractivity contribution in [1.29, 1.82) is 0 Å². The van der Waals surface area contributed by atoms with Crippen molar-refractivity contribution in [3.63, 3.8) is 0 Å². The lowest BCUT2D eigenvalue weighted by atomic mass is 9.98. The van der Waals surface area contributed by atoms with Crippen LogP contribution >= 0.6 is 0 Å². The lowest BCUT2D eigenvalue weighted by Crippen LogP contribution is -2.61. The molecule has 424 valence electrons. The Labute approximate surface area is 444 Å². The number of unbranched alkanes of at least 4 members (excludes halogenated alkanes) is 31. The molecule has 1 heterocycles. The number of allylic oxidation sites excluding steroid dienone is 6. The zero-order valence-corrected chi connectivity index (χ0v) is 46.6. The molecule has 3 N–H and O–H groups in total. The smallest absolute Gasteiger partial charge is 0.335 e. The highest BCUT2D eigenvalue weighted by Crippen LogP contribution is 2.27. The van der Waals surface area contributed by atoms with Crippen LogP contribution in [0, 0.1) is 0 Å². The number of carbonyl (C=O) groups is 4. The van der Waals surface area contributed by atoms with Gasteiger partial charge in [0, 0.05) is 19.3 Å². The quantitative estimate of drug-likeness (QED) is 0.0228. The number of aliphatic carboxylic acids is 1. The van der Waals surface area contributed by atoms with Crippen LogP contribution in [-0.4, -0.2) is 89.2 Å². The second-order valence-electron chi connectivity index (χ2n) is 20.6. The molecule has 0 aromatic carbocycles. The van der Waals surface area contributed by atoms with E-state index in [0.717, 1.165) is 96.3 Å². The van der Waals surface area contributed by atoms with Gasteiger partial charge in [0.25, 0.3) is 0 Å². The van der Waals surface area contributed by atoms with Crippen LogP contribution in [0.25, 0.3) is 0 Å². The largest absolute Gasteiger partial charge is 0.479 e. The van der Waals surface area contributed by atoms with E-state index in [9.17, 15) is 34.5 Å². The summed E-state index contributed by atoms with van der Waals surface area (Å²) in [4.78, 5) is 51.1. The number of hydrogen-bond donors (Lipinski definition) is 3. The monoisotopic (exact) mass is 1030 g/mol. The Kier molecular flexibility index (Phi) is 46.4. The molecule has 1 aliphatic heterocycles. The average molecular weight is 1030 g/mol. The number of carbonyl (C=O) groups excluding carboxylic acids is 3. The molecule has 73 heavy (non-hydrogen) atoms. The number of aliphatic hydroxyl groups is 2. The van der Waals surface area contributed by atoms with Crippen molar-refractivity contribution in [2.24, 2.45) is 0 Å². The first kappa shape index (κ1) is 68.0. The zero-order valence-electron chi connectivity index (χ0n) is 46.6. The van der Waals surface area contributed by atoms with E-state index in [1.54, 1.807) is 0 Å². The molecular weight excluding hydrogens is 925 g/mol. The van der Waals surface area contributed by atoms with Crippen LogP contribution in [0.4, 0.5) is 0 Å². The number of carboxylic acids is 1. The minimum Gasteiger partial charge on any atom is -0.479 e. The predicted octanol–water partition coefficient (Wildman–Crippen LogP) is 15.2. The second-order valence-corrected chi connectivity index (χ2v) is 20.6. The molecule has 12 nitrogen and oxygen atoms in total. The number of esters is 3. The van der Waals surface area contributed by atoms with Gasteiger partial charge in [0.15, 0.2) is 24.6 Å². The normalized spacial score (nSPS) is 18.5. The van der Waals surface area contributed by atoms with E-state index in [2.05, 4.69) is 57.2 Å². The van der Waals surface area contributed by atoms with Crippen molar-refractivity contribution >= 4 is 23.9 Å². The molecule has 1 saturated heterocycles.